The Morgan fingerprint density at radius 3 is 2.83 bits per heavy atom. The summed E-state index contributed by atoms with van der Waals surface area (Å²) in [5, 5.41) is 13.5. The largest absolute Gasteiger partial charge is 0.478 e. The van der Waals surface area contributed by atoms with E-state index in [2.05, 4.69) is 0 Å². The van der Waals surface area contributed by atoms with E-state index in [1.165, 1.54) is 0 Å². The van der Waals surface area contributed by atoms with Crippen molar-refractivity contribution in [3.05, 3.63) is 51.2 Å². The van der Waals surface area contributed by atoms with Crippen LogP contribution in [0, 0.1) is 0 Å². The minimum atomic E-state index is -1.01. The minimum absolute atomic E-state index is 0.150. The van der Waals surface area contributed by atoms with Crippen LogP contribution in [0.25, 0.3) is 0 Å². The van der Waals surface area contributed by atoms with Crippen molar-refractivity contribution in [2.45, 2.75) is 6.54 Å². The molecule has 5 heteroatoms. The number of aromatic carboxylic acids is 1. The maximum absolute atomic E-state index is 11.2. The molecule has 0 aliphatic carbocycles. The number of anilines is 1. The predicted molar refractivity (Wildman–Crippen MR) is 74.8 cm³/mol. The molecule has 0 radical (unpaired) electrons. The second-order valence-electron chi connectivity index (χ2n) is 3.93. The summed E-state index contributed by atoms with van der Waals surface area (Å²) in [6.07, 6.45) is 0. The summed E-state index contributed by atoms with van der Waals surface area (Å²) in [5.41, 5.74) is 1.93. The van der Waals surface area contributed by atoms with E-state index in [0.717, 1.165) is 5.56 Å². The fourth-order valence-electron chi connectivity index (χ4n) is 1.78. The van der Waals surface area contributed by atoms with Crippen LogP contribution >= 0.6 is 22.9 Å². The molecule has 0 saturated carbocycles. The molecule has 0 spiro atoms. The highest BCUT2D eigenvalue weighted by Gasteiger charge is 2.17. The van der Waals surface area contributed by atoms with Crippen molar-refractivity contribution in [2.75, 3.05) is 11.9 Å². The SMILES string of the molecule is CN(Cc1ccsc1)c1cccc(Cl)c1C(=O)O. The van der Waals surface area contributed by atoms with Crippen LogP contribution < -0.4 is 4.90 Å². The first-order chi connectivity index (χ1) is 8.59. The summed E-state index contributed by atoms with van der Waals surface area (Å²) in [6, 6.07) is 7.13. The molecule has 1 aromatic carbocycles. The number of nitrogens with zero attached hydrogens (tertiary/aromatic N) is 1. The van der Waals surface area contributed by atoms with E-state index < -0.39 is 5.97 Å². The average Bonchev–Trinajstić information content (AvgIpc) is 2.80. The Labute approximate surface area is 114 Å². The zero-order chi connectivity index (χ0) is 13.1. The molecule has 1 N–H and O–H groups in total. The van der Waals surface area contributed by atoms with E-state index >= 15 is 0 Å². The lowest BCUT2D eigenvalue weighted by Crippen LogP contribution is -2.19. The van der Waals surface area contributed by atoms with Gasteiger partial charge in [0.1, 0.15) is 5.56 Å². The van der Waals surface area contributed by atoms with Gasteiger partial charge in [0.15, 0.2) is 0 Å². The molecule has 2 rings (SSSR count). The Morgan fingerprint density at radius 1 is 1.44 bits per heavy atom. The van der Waals surface area contributed by atoms with Crippen molar-refractivity contribution in [1.29, 1.82) is 0 Å². The molecule has 18 heavy (non-hydrogen) atoms. The van der Waals surface area contributed by atoms with Gasteiger partial charge in [-0.3, -0.25) is 0 Å². The molecule has 0 unspecified atom stereocenters. The molecule has 2 aromatic rings. The standard InChI is InChI=1S/C13H12ClNO2S/c1-15(7-9-5-6-18-8-9)11-4-2-3-10(14)12(11)13(16)17/h2-6,8H,7H2,1H3,(H,16,17). The number of benzene rings is 1. The Kier molecular flexibility index (Phi) is 3.89. The molecule has 1 heterocycles. The van der Waals surface area contributed by atoms with Gasteiger partial charge in [0.25, 0.3) is 0 Å². The van der Waals surface area contributed by atoms with Crippen molar-refractivity contribution in [1.82, 2.24) is 0 Å². The van der Waals surface area contributed by atoms with Gasteiger partial charge in [-0.25, -0.2) is 4.79 Å². The minimum Gasteiger partial charge on any atom is -0.478 e. The molecule has 0 saturated heterocycles. The third-order valence-electron chi connectivity index (χ3n) is 2.62. The van der Waals surface area contributed by atoms with Gasteiger partial charge in [0.05, 0.1) is 10.7 Å². The van der Waals surface area contributed by atoms with Crippen molar-refractivity contribution in [3.8, 4) is 0 Å². The van der Waals surface area contributed by atoms with E-state index in [1.807, 2.05) is 28.8 Å². The van der Waals surface area contributed by atoms with E-state index in [1.54, 1.807) is 29.5 Å². The highest BCUT2D eigenvalue weighted by Crippen LogP contribution is 2.28. The molecular weight excluding hydrogens is 270 g/mol. The summed E-state index contributed by atoms with van der Waals surface area (Å²) in [5.74, 6) is -1.01. The lowest BCUT2D eigenvalue weighted by Gasteiger charge is -2.21. The second kappa shape index (κ2) is 5.42. The predicted octanol–water partition coefficient (Wildman–Crippen LogP) is 3.74. The average molecular weight is 282 g/mol. The van der Waals surface area contributed by atoms with Crippen molar-refractivity contribution < 1.29 is 9.90 Å². The fourth-order valence-corrected chi connectivity index (χ4v) is 2.69. The molecular formula is C13H12ClNO2S. The van der Waals surface area contributed by atoms with Crippen LogP contribution in [-0.2, 0) is 6.54 Å². The number of halogens is 1. The number of rotatable bonds is 4. The van der Waals surface area contributed by atoms with Crippen LogP contribution in [0.4, 0.5) is 5.69 Å². The summed E-state index contributed by atoms with van der Waals surface area (Å²) in [6.45, 7) is 0.657. The zero-order valence-electron chi connectivity index (χ0n) is 9.76. The van der Waals surface area contributed by atoms with Crippen LogP contribution in [0.1, 0.15) is 15.9 Å². The molecule has 0 aliphatic rings. The molecule has 3 nitrogen and oxygen atoms in total. The highest BCUT2D eigenvalue weighted by atomic mass is 35.5. The number of thiophene rings is 1. The Morgan fingerprint density at radius 2 is 2.22 bits per heavy atom. The van der Waals surface area contributed by atoms with Crippen molar-refractivity contribution >= 4 is 34.6 Å². The highest BCUT2D eigenvalue weighted by molar-refractivity contribution is 7.07. The van der Waals surface area contributed by atoms with Crippen LogP contribution in [0.2, 0.25) is 5.02 Å². The van der Waals surface area contributed by atoms with E-state index in [9.17, 15) is 9.90 Å². The van der Waals surface area contributed by atoms with E-state index in [0.29, 0.717) is 12.2 Å². The van der Waals surface area contributed by atoms with Gasteiger partial charge < -0.3 is 10.0 Å². The number of carbonyl (C=O) groups is 1. The molecule has 0 fully saturated rings. The Bertz CT molecular complexity index is 554. The monoisotopic (exact) mass is 281 g/mol. The van der Waals surface area contributed by atoms with Crippen LogP contribution in [-0.4, -0.2) is 18.1 Å². The number of hydrogen-bond acceptors (Lipinski definition) is 3. The third kappa shape index (κ3) is 2.66. The van der Waals surface area contributed by atoms with Crippen molar-refractivity contribution in [3.63, 3.8) is 0 Å². The zero-order valence-corrected chi connectivity index (χ0v) is 11.3. The lowest BCUT2D eigenvalue weighted by molar-refractivity contribution is 0.0697. The fraction of sp³-hybridized carbons (Fsp3) is 0.154. The molecule has 0 aliphatic heterocycles. The van der Waals surface area contributed by atoms with Gasteiger partial charge in [-0.2, -0.15) is 11.3 Å². The Hall–Kier alpha value is -1.52. The smallest absolute Gasteiger partial charge is 0.339 e. The first-order valence-corrected chi connectivity index (χ1v) is 6.65. The summed E-state index contributed by atoms with van der Waals surface area (Å²) >= 11 is 7.57. The van der Waals surface area contributed by atoms with Crippen LogP contribution in [0.5, 0.6) is 0 Å². The summed E-state index contributed by atoms with van der Waals surface area (Å²) in [4.78, 5) is 13.1. The van der Waals surface area contributed by atoms with E-state index in [4.69, 9.17) is 11.6 Å². The normalized spacial score (nSPS) is 10.3. The molecule has 94 valence electrons. The van der Waals surface area contributed by atoms with Gasteiger partial charge in [0.2, 0.25) is 0 Å². The first kappa shape index (κ1) is 12.9. The number of carboxylic acids is 1. The maximum Gasteiger partial charge on any atom is 0.339 e. The van der Waals surface area contributed by atoms with Gasteiger partial charge in [-0.05, 0) is 34.5 Å². The first-order valence-electron chi connectivity index (χ1n) is 5.33. The maximum atomic E-state index is 11.2. The van der Waals surface area contributed by atoms with Gasteiger partial charge >= 0.3 is 5.97 Å². The van der Waals surface area contributed by atoms with Gasteiger partial charge in [-0.15, -0.1) is 0 Å². The van der Waals surface area contributed by atoms with E-state index in [-0.39, 0.29) is 10.6 Å². The van der Waals surface area contributed by atoms with Crippen LogP contribution in [0.15, 0.2) is 35.0 Å². The lowest BCUT2D eigenvalue weighted by atomic mass is 10.1. The molecule has 1 aromatic heterocycles. The molecule has 0 amide bonds. The topological polar surface area (TPSA) is 40.5 Å². The van der Waals surface area contributed by atoms with Crippen LogP contribution in [0.3, 0.4) is 0 Å². The number of hydrogen-bond donors (Lipinski definition) is 1. The summed E-state index contributed by atoms with van der Waals surface area (Å²) in [7, 11) is 1.86. The quantitative estimate of drug-likeness (QED) is 0.928. The second-order valence-corrected chi connectivity index (χ2v) is 5.11. The Balaban J connectivity index is 2.32. The molecule has 0 atom stereocenters. The van der Waals surface area contributed by atoms with Gasteiger partial charge in [-0.1, -0.05) is 17.7 Å². The summed E-state index contributed by atoms with van der Waals surface area (Å²) < 4.78 is 0. The molecule has 0 bridgehead atoms. The third-order valence-corrected chi connectivity index (χ3v) is 3.66. The number of carboxylic acid groups (broad SMARTS) is 1. The van der Waals surface area contributed by atoms with Gasteiger partial charge in [0, 0.05) is 13.6 Å². The van der Waals surface area contributed by atoms with Crippen molar-refractivity contribution in [2.24, 2.45) is 0 Å².